The monoisotopic (exact) mass is 575 g/mol. The van der Waals surface area contributed by atoms with Gasteiger partial charge in [-0.1, -0.05) is 12.1 Å². The number of azo groups is 1. The summed E-state index contributed by atoms with van der Waals surface area (Å²) in [5.41, 5.74) is -1.50. The maximum Gasteiger partial charge on any atom is 0.352 e. The normalized spacial score (nSPS) is 12.1. The van der Waals surface area contributed by atoms with Crippen LogP contribution in [0.1, 0.15) is 6.92 Å². The summed E-state index contributed by atoms with van der Waals surface area (Å²) in [7, 11) is -9.65. The van der Waals surface area contributed by atoms with Gasteiger partial charge in [-0.2, -0.15) is 26.9 Å². The van der Waals surface area contributed by atoms with Crippen molar-refractivity contribution in [3.8, 4) is 0 Å². The molecule has 0 spiro atoms. The molecule has 0 radical (unpaired) electrons. The van der Waals surface area contributed by atoms with E-state index in [0.717, 1.165) is 18.2 Å². The second-order valence-corrected chi connectivity index (χ2v) is 10.6. The number of hydrogen-bond acceptors (Lipinski definition) is 11. The van der Waals surface area contributed by atoms with E-state index in [9.17, 15) is 40.3 Å². The molecule has 4 aromatic rings. The molecule has 1 amide bonds. The maximum atomic E-state index is 12.0. The minimum atomic E-state index is -4.86. The van der Waals surface area contributed by atoms with Crippen molar-refractivity contribution in [2.75, 3.05) is 10.6 Å². The van der Waals surface area contributed by atoms with Gasteiger partial charge in [0.05, 0.1) is 11.4 Å². The van der Waals surface area contributed by atoms with Crippen LogP contribution in [-0.2, 0) is 25.0 Å². The molecule has 3 aromatic carbocycles. The van der Waals surface area contributed by atoms with Gasteiger partial charge in [0.1, 0.15) is 15.5 Å². The minimum Gasteiger partial charge on any atom is -0.325 e. The molecule has 0 fully saturated rings. The Labute approximate surface area is 218 Å². The molecule has 0 aliphatic rings. The number of carbonyl (C=O) groups is 1. The first kappa shape index (κ1) is 27.3. The Bertz CT molecular complexity index is 1970. The lowest BCUT2D eigenvalue weighted by atomic mass is 10.1. The number of hydrogen-bond donors (Lipinski definition) is 6. The van der Waals surface area contributed by atoms with Gasteiger partial charge < -0.3 is 10.6 Å². The summed E-state index contributed by atoms with van der Waals surface area (Å²) in [4.78, 5) is 41.1. The summed E-state index contributed by atoms with van der Waals surface area (Å²) in [6.45, 7) is 1.22. The lowest BCUT2D eigenvalue weighted by Crippen LogP contribution is -2.25. The number of amides is 1. The molecule has 18 heteroatoms. The van der Waals surface area contributed by atoms with Gasteiger partial charge in [-0.05, 0) is 36.4 Å². The molecule has 0 saturated heterocycles. The fourth-order valence-electron chi connectivity index (χ4n) is 3.50. The zero-order valence-electron chi connectivity index (χ0n) is 19.5. The van der Waals surface area contributed by atoms with Gasteiger partial charge in [0, 0.05) is 23.4 Å². The van der Waals surface area contributed by atoms with E-state index in [1.54, 1.807) is 0 Å². The highest BCUT2D eigenvalue weighted by Gasteiger charge is 2.21. The first-order valence-electron chi connectivity index (χ1n) is 10.5. The number of nitrogens with zero attached hydrogens (tertiary/aromatic N) is 3. The van der Waals surface area contributed by atoms with Crippen molar-refractivity contribution in [2.45, 2.75) is 16.7 Å². The van der Waals surface area contributed by atoms with Crippen LogP contribution in [0, 0.1) is 0 Å². The van der Waals surface area contributed by atoms with E-state index in [1.165, 1.54) is 37.3 Å². The van der Waals surface area contributed by atoms with Crippen molar-refractivity contribution in [1.82, 2.24) is 15.0 Å². The molecule has 16 nitrogen and oxygen atoms in total. The summed E-state index contributed by atoms with van der Waals surface area (Å²) >= 11 is 0. The second kappa shape index (κ2) is 10.2. The van der Waals surface area contributed by atoms with Crippen LogP contribution in [0.4, 0.5) is 28.7 Å². The Kier molecular flexibility index (Phi) is 7.11. The number of anilines is 3. The zero-order chi connectivity index (χ0) is 28.5. The van der Waals surface area contributed by atoms with Crippen molar-refractivity contribution >= 4 is 65.6 Å². The minimum absolute atomic E-state index is 0.0553. The largest absolute Gasteiger partial charge is 0.352 e. The first-order valence-corrected chi connectivity index (χ1v) is 13.4. The van der Waals surface area contributed by atoms with E-state index < -0.39 is 47.3 Å². The van der Waals surface area contributed by atoms with Gasteiger partial charge >= 0.3 is 11.4 Å². The summed E-state index contributed by atoms with van der Waals surface area (Å²) in [6.07, 6.45) is 0. The highest BCUT2D eigenvalue weighted by Crippen LogP contribution is 2.35. The van der Waals surface area contributed by atoms with E-state index in [-0.39, 0.29) is 39.5 Å². The van der Waals surface area contributed by atoms with Crippen LogP contribution in [0.5, 0.6) is 0 Å². The molecule has 0 unspecified atom stereocenters. The Balaban J connectivity index is 1.81. The summed E-state index contributed by atoms with van der Waals surface area (Å²) in [5.74, 6) is -0.682. The number of fused-ring (bicyclic) bond motifs is 1. The average Bonchev–Trinajstić information content (AvgIpc) is 2.80. The number of benzene rings is 3. The fourth-order valence-corrected chi connectivity index (χ4v) is 4.92. The molecule has 0 saturated carbocycles. The molecule has 1 aromatic heterocycles. The van der Waals surface area contributed by atoms with Gasteiger partial charge in [-0.25, -0.2) is 9.59 Å². The number of carbonyl (C=O) groups excluding carboxylic acids is 1. The molecule has 4 rings (SSSR count). The van der Waals surface area contributed by atoms with E-state index in [2.05, 4.69) is 30.8 Å². The topological polar surface area (TPSA) is 253 Å². The molecule has 39 heavy (non-hydrogen) atoms. The van der Waals surface area contributed by atoms with Gasteiger partial charge in [0.2, 0.25) is 11.9 Å². The van der Waals surface area contributed by atoms with E-state index in [1.807, 2.05) is 4.98 Å². The van der Waals surface area contributed by atoms with Crippen molar-refractivity contribution in [3.05, 3.63) is 69.5 Å². The third-order valence-electron chi connectivity index (χ3n) is 4.97. The second-order valence-electron chi connectivity index (χ2n) is 7.83. The standard InChI is InChI=1S/C21H17N7O9S2/c1-10(29)22-16-8-11(23-19-24-20(30)26-21(31)25-19)5-6-15(16)28-27-12-7-14-13(18(9-12)39(35,36)37)3-2-4-17(14)38(32,33)34/h2-9H,1H3,(H,22,29)(H,32,33,34)(H,35,36,37)(H3,23,24,25,26,30,31). The van der Waals surface area contributed by atoms with Crippen molar-refractivity contribution in [3.63, 3.8) is 0 Å². The van der Waals surface area contributed by atoms with Crippen LogP contribution >= 0.6 is 0 Å². The number of aromatic nitrogens is 3. The predicted molar refractivity (Wildman–Crippen MR) is 137 cm³/mol. The molecule has 0 aliphatic carbocycles. The van der Waals surface area contributed by atoms with Crippen LogP contribution < -0.4 is 22.0 Å². The Morgan fingerprint density at radius 2 is 1.62 bits per heavy atom. The van der Waals surface area contributed by atoms with Gasteiger partial charge in [0.25, 0.3) is 20.2 Å². The molecule has 0 bridgehead atoms. The van der Waals surface area contributed by atoms with Crippen LogP contribution in [0.3, 0.4) is 0 Å². The zero-order valence-corrected chi connectivity index (χ0v) is 21.2. The Morgan fingerprint density at radius 3 is 2.26 bits per heavy atom. The number of H-pyrrole nitrogens is 2. The molecule has 1 heterocycles. The summed E-state index contributed by atoms with van der Waals surface area (Å²) in [6, 6.07) is 9.72. The number of rotatable bonds is 7. The Hall–Kier alpha value is -4.78. The number of nitrogens with one attached hydrogen (secondary N) is 4. The van der Waals surface area contributed by atoms with Gasteiger partial charge in [0.15, 0.2) is 0 Å². The highest BCUT2D eigenvalue weighted by atomic mass is 32.2. The SMILES string of the molecule is CC(=O)Nc1cc(Nc2nc(=O)[nH]c(=O)[nH]2)ccc1N=Nc1cc(S(=O)(=O)O)c2cccc(S(=O)(=O)O)c2c1. The fraction of sp³-hybridized carbons (Fsp3) is 0.0476. The van der Waals surface area contributed by atoms with Crippen molar-refractivity contribution in [1.29, 1.82) is 0 Å². The molecule has 0 atom stereocenters. The van der Waals surface area contributed by atoms with E-state index >= 15 is 0 Å². The molecule has 6 N–H and O–H groups in total. The molecular formula is C21H17N7O9S2. The van der Waals surface area contributed by atoms with Crippen LogP contribution in [0.15, 0.2) is 78.1 Å². The Morgan fingerprint density at radius 1 is 0.897 bits per heavy atom. The van der Waals surface area contributed by atoms with E-state index in [0.29, 0.717) is 0 Å². The van der Waals surface area contributed by atoms with Crippen LogP contribution in [0.2, 0.25) is 0 Å². The summed E-state index contributed by atoms with van der Waals surface area (Å²) in [5, 5.41) is 12.7. The van der Waals surface area contributed by atoms with Gasteiger partial charge in [-0.3, -0.25) is 23.9 Å². The molecule has 202 valence electrons. The molecule has 0 aliphatic heterocycles. The number of aromatic amines is 2. The van der Waals surface area contributed by atoms with Crippen molar-refractivity contribution in [2.24, 2.45) is 10.2 Å². The summed E-state index contributed by atoms with van der Waals surface area (Å²) < 4.78 is 67.0. The van der Waals surface area contributed by atoms with Gasteiger partial charge in [-0.15, -0.1) is 5.11 Å². The third-order valence-corrected chi connectivity index (χ3v) is 6.77. The van der Waals surface area contributed by atoms with Crippen LogP contribution in [0.25, 0.3) is 10.8 Å². The maximum absolute atomic E-state index is 12.0. The highest BCUT2D eigenvalue weighted by molar-refractivity contribution is 7.86. The average molecular weight is 576 g/mol. The van der Waals surface area contributed by atoms with Crippen molar-refractivity contribution < 1.29 is 30.7 Å². The lowest BCUT2D eigenvalue weighted by Gasteiger charge is -2.10. The third kappa shape index (κ3) is 6.38. The molecular weight excluding hydrogens is 558 g/mol. The quantitative estimate of drug-likeness (QED) is 0.137. The first-order chi connectivity index (χ1) is 18.2. The van der Waals surface area contributed by atoms with E-state index in [4.69, 9.17) is 0 Å². The lowest BCUT2D eigenvalue weighted by molar-refractivity contribution is -0.114. The van der Waals surface area contributed by atoms with Crippen LogP contribution in [-0.4, -0.2) is 46.8 Å². The smallest absolute Gasteiger partial charge is 0.325 e. The predicted octanol–water partition coefficient (Wildman–Crippen LogP) is 2.22.